The van der Waals surface area contributed by atoms with E-state index in [1.807, 2.05) is 0 Å². The minimum atomic E-state index is -0.391. The number of nitrogens with one attached hydrogen (secondary N) is 1. The van der Waals surface area contributed by atoms with Crippen molar-refractivity contribution in [1.82, 2.24) is 4.90 Å². The number of ether oxygens (including phenoxy) is 1. The molecule has 0 aliphatic carbocycles. The highest BCUT2D eigenvalue weighted by atomic mass is 16.5. The third-order valence-electron chi connectivity index (χ3n) is 5.83. The van der Waals surface area contributed by atoms with Gasteiger partial charge in [0.15, 0.2) is 5.43 Å². The third kappa shape index (κ3) is 4.17. The fourth-order valence-electron chi connectivity index (χ4n) is 4.00. The highest BCUT2D eigenvalue weighted by molar-refractivity contribution is 6.21. The lowest BCUT2D eigenvalue weighted by atomic mass is 10.1. The van der Waals surface area contributed by atoms with E-state index >= 15 is 0 Å². The summed E-state index contributed by atoms with van der Waals surface area (Å²) in [6, 6.07) is 19.9. The molecular weight excluding hydrogens is 448 g/mol. The van der Waals surface area contributed by atoms with E-state index in [1.54, 1.807) is 66.7 Å². The molecule has 174 valence electrons. The van der Waals surface area contributed by atoms with Crippen molar-refractivity contribution in [3.05, 3.63) is 94.1 Å². The summed E-state index contributed by atoms with van der Waals surface area (Å²) in [6.45, 7) is -0.0106. The number of amides is 3. The largest absolute Gasteiger partial charge is 0.497 e. The van der Waals surface area contributed by atoms with Crippen molar-refractivity contribution >= 4 is 34.4 Å². The molecule has 5 rings (SSSR count). The molecule has 4 aromatic rings. The van der Waals surface area contributed by atoms with E-state index in [0.717, 1.165) is 4.90 Å². The number of benzene rings is 3. The average molecular weight is 468 g/mol. The lowest BCUT2D eigenvalue weighted by Crippen LogP contribution is -2.32. The Hall–Kier alpha value is -4.72. The van der Waals surface area contributed by atoms with E-state index in [9.17, 15) is 19.2 Å². The zero-order valence-corrected chi connectivity index (χ0v) is 18.7. The van der Waals surface area contributed by atoms with Crippen molar-refractivity contribution in [3.63, 3.8) is 0 Å². The predicted octanol–water partition coefficient (Wildman–Crippen LogP) is 4.09. The third-order valence-corrected chi connectivity index (χ3v) is 5.83. The number of rotatable bonds is 6. The number of hydrogen-bond donors (Lipinski definition) is 1. The molecule has 0 spiro atoms. The highest BCUT2D eigenvalue weighted by Gasteiger charge is 2.34. The predicted molar refractivity (Wildman–Crippen MR) is 130 cm³/mol. The Morgan fingerprint density at radius 1 is 0.914 bits per heavy atom. The van der Waals surface area contributed by atoms with Gasteiger partial charge in [0, 0.05) is 30.3 Å². The molecular formula is C27H20N2O6. The number of methoxy groups -OCH3 is 1. The van der Waals surface area contributed by atoms with Gasteiger partial charge >= 0.3 is 0 Å². The number of carbonyl (C=O) groups is 3. The molecule has 8 heteroatoms. The molecule has 1 aliphatic rings. The number of fused-ring (bicyclic) bond motifs is 2. The summed E-state index contributed by atoms with van der Waals surface area (Å²) in [5.41, 5.74) is 2.17. The van der Waals surface area contributed by atoms with Gasteiger partial charge in [-0.15, -0.1) is 0 Å². The van der Waals surface area contributed by atoms with Crippen molar-refractivity contribution in [2.45, 2.75) is 6.42 Å². The van der Waals surface area contributed by atoms with E-state index in [0.29, 0.717) is 44.9 Å². The molecule has 2 heterocycles. The van der Waals surface area contributed by atoms with Crippen molar-refractivity contribution in [3.8, 4) is 17.1 Å². The summed E-state index contributed by atoms with van der Waals surface area (Å²) >= 11 is 0. The van der Waals surface area contributed by atoms with E-state index in [-0.39, 0.29) is 24.3 Å². The van der Waals surface area contributed by atoms with E-state index < -0.39 is 11.8 Å². The second kappa shape index (κ2) is 8.90. The van der Waals surface area contributed by atoms with Gasteiger partial charge in [-0.1, -0.05) is 12.1 Å². The van der Waals surface area contributed by atoms with Crippen LogP contribution in [-0.4, -0.2) is 36.3 Å². The quantitative estimate of drug-likeness (QED) is 0.427. The van der Waals surface area contributed by atoms with Gasteiger partial charge in [-0.25, -0.2) is 0 Å². The normalized spacial score (nSPS) is 12.7. The van der Waals surface area contributed by atoms with Gasteiger partial charge in [0.05, 0.1) is 23.6 Å². The lowest BCUT2D eigenvalue weighted by molar-refractivity contribution is -0.116. The Kier molecular flexibility index (Phi) is 5.62. The van der Waals surface area contributed by atoms with E-state index in [2.05, 4.69) is 5.32 Å². The standard InChI is InChI=1S/C27H20N2O6/c1-34-18-10-11-23-21(14-18)22(30)15-24(35-23)16-6-8-17(9-7-16)28-25(31)12-13-29-26(32)19-4-2-3-5-20(19)27(29)33/h2-11,14-15H,12-13H2,1H3,(H,28,31). The smallest absolute Gasteiger partial charge is 0.261 e. The van der Waals surface area contributed by atoms with E-state index in [1.165, 1.54) is 13.2 Å². The molecule has 0 radical (unpaired) electrons. The summed E-state index contributed by atoms with van der Waals surface area (Å²) < 4.78 is 11.0. The monoisotopic (exact) mass is 468 g/mol. The lowest BCUT2D eigenvalue weighted by Gasteiger charge is -2.13. The molecule has 3 aromatic carbocycles. The van der Waals surface area contributed by atoms with Gasteiger partial charge in [-0.3, -0.25) is 24.1 Å². The zero-order valence-electron chi connectivity index (χ0n) is 18.7. The van der Waals surface area contributed by atoms with Crippen LogP contribution in [0.1, 0.15) is 27.1 Å². The SMILES string of the molecule is COc1ccc2oc(-c3ccc(NC(=O)CCN4C(=O)c5ccccc5C4=O)cc3)cc(=O)c2c1. The van der Waals surface area contributed by atoms with Crippen molar-refractivity contribution < 1.29 is 23.5 Å². The first-order valence-electron chi connectivity index (χ1n) is 10.9. The first-order chi connectivity index (χ1) is 16.9. The molecule has 0 unspecified atom stereocenters. The average Bonchev–Trinajstić information content (AvgIpc) is 3.12. The van der Waals surface area contributed by atoms with Gasteiger partial charge < -0.3 is 14.5 Å². The first-order valence-corrected chi connectivity index (χ1v) is 10.9. The number of anilines is 1. The molecule has 1 aromatic heterocycles. The minimum Gasteiger partial charge on any atom is -0.497 e. The molecule has 0 fully saturated rings. The van der Waals surface area contributed by atoms with Crippen LogP contribution in [0.4, 0.5) is 5.69 Å². The molecule has 0 saturated carbocycles. The second-order valence-electron chi connectivity index (χ2n) is 8.02. The fourth-order valence-corrected chi connectivity index (χ4v) is 4.00. The molecule has 3 amide bonds. The Bertz CT molecular complexity index is 1500. The number of hydrogen-bond acceptors (Lipinski definition) is 6. The molecule has 8 nitrogen and oxygen atoms in total. The van der Waals surface area contributed by atoms with Gasteiger partial charge in [0.1, 0.15) is 17.1 Å². The van der Waals surface area contributed by atoms with Crippen LogP contribution in [0.5, 0.6) is 5.75 Å². The Morgan fingerprint density at radius 3 is 2.26 bits per heavy atom. The van der Waals surface area contributed by atoms with Gasteiger partial charge in [0.2, 0.25) is 5.91 Å². The van der Waals surface area contributed by atoms with Gasteiger partial charge in [-0.05, 0) is 54.6 Å². The van der Waals surface area contributed by atoms with Crippen LogP contribution in [0.25, 0.3) is 22.3 Å². The molecule has 0 bridgehead atoms. The van der Waals surface area contributed by atoms with Gasteiger partial charge in [0.25, 0.3) is 11.8 Å². The summed E-state index contributed by atoms with van der Waals surface area (Å²) in [7, 11) is 1.53. The van der Waals surface area contributed by atoms with Crippen LogP contribution in [0.15, 0.2) is 82.0 Å². The minimum absolute atomic E-state index is 0.0106. The van der Waals surface area contributed by atoms with Crippen LogP contribution < -0.4 is 15.5 Å². The summed E-state index contributed by atoms with van der Waals surface area (Å²) in [4.78, 5) is 50.9. The maximum atomic E-state index is 12.5. The molecule has 1 aliphatic heterocycles. The van der Waals surface area contributed by atoms with E-state index in [4.69, 9.17) is 9.15 Å². The van der Waals surface area contributed by atoms with Crippen molar-refractivity contribution in [1.29, 1.82) is 0 Å². The van der Waals surface area contributed by atoms with Crippen LogP contribution in [0.3, 0.4) is 0 Å². The molecule has 1 N–H and O–H groups in total. The van der Waals surface area contributed by atoms with Crippen LogP contribution in [0, 0.1) is 0 Å². The first kappa shape index (κ1) is 22.1. The maximum absolute atomic E-state index is 12.5. The van der Waals surface area contributed by atoms with Crippen LogP contribution in [0.2, 0.25) is 0 Å². The highest BCUT2D eigenvalue weighted by Crippen LogP contribution is 2.26. The topological polar surface area (TPSA) is 106 Å². The Labute approximate surface area is 199 Å². The van der Waals surface area contributed by atoms with Crippen LogP contribution >= 0.6 is 0 Å². The summed E-state index contributed by atoms with van der Waals surface area (Å²) in [5.74, 6) is -0.145. The van der Waals surface area contributed by atoms with Crippen LogP contribution in [-0.2, 0) is 4.79 Å². The number of nitrogens with zero attached hydrogens (tertiary/aromatic N) is 1. The molecule has 0 atom stereocenters. The second-order valence-corrected chi connectivity index (χ2v) is 8.02. The number of imide groups is 1. The summed E-state index contributed by atoms with van der Waals surface area (Å²) in [5, 5.41) is 3.18. The fraction of sp³-hybridized carbons (Fsp3) is 0.111. The summed E-state index contributed by atoms with van der Waals surface area (Å²) in [6.07, 6.45) is -0.0315. The van der Waals surface area contributed by atoms with Crippen molar-refractivity contribution in [2.75, 3.05) is 19.0 Å². The molecule has 0 saturated heterocycles. The van der Waals surface area contributed by atoms with Crippen molar-refractivity contribution in [2.24, 2.45) is 0 Å². The Morgan fingerprint density at radius 2 is 1.60 bits per heavy atom. The Balaban J connectivity index is 1.24. The number of carbonyl (C=O) groups excluding carboxylic acids is 3. The molecule has 35 heavy (non-hydrogen) atoms. The van der Waals surface area contributed by atoms with Gasteiger partial charge in [-0.2, -0.15) is 0 Å². The zero-order chi connectivity index (χ0) is 24.5. The maximum Gasteiger partial charge on any atom is 0.261 e.